The second kappa shape index (κ2) is 4.87. The Morgan fingerprint density at radius 1 is 1.47 bits per heavy atom. The number of nitrogens with zero attached hydrogens (tertiary/aromatic N) is 2. The summed E-state index contributed by atoms with van der Waals surface area (Å²) in [6.07, 6.45) is 0.990. The van der Waals surface area contributed by atoms with Crippen LogP contribution in [-0.2, 0) is 0 Å². The molecular formula is C12H14BrN3O. The fraction of sp³-hybridized carbons (Fsp3) is 0.333. The van der Waals surface area contributed by atoms with E-state index < -0.39 is 0 Å². The zero-order valence-electron chi connectivity index (χ0n) is 9.77. The molecule has 2 rings (SSSR count). The van der Waals surface area contributed by atoms with E-state index in [1.165, 1.54) is 0 Å². The number of nitrogens with two attached hydrogens (primary N) is 1. The molecule has 1 unspecified atom stereocenters. The van der Waals surface area contributed by atoms with Gasteiger partial charge in [-0.25, -0.2) is 0 Å². The molecule has 2 aromatic rings. The van der Waals surface area contributed by atoms with Crippen LogP contribution in [0.3, 0.4) is 0 Å². The van der Waals surface area contributed by atoms with Crippen molar-refractivity contribution in [3.8, 4) is 11.5 Å². The summed E-state index contributed by atoms with van der Waals surface area (Å²) in [5.41, 5.74) is 7.29. The molecule has 0 spiro atoms. The van der Waals surface area contributed by atoms with E-state index in [9.17, 15) is 0 Å². The molecule has 2 N–H and O–H groups in total. The molecule has 0 aliphatic rings. The van der Waals surface area contributed by atoms with Crippen molar-refractivity contribution >= 4 is 21.6 Å². The number of nitrogen functional groups attached to an aromatic ring is 1. The topological polar surface area (TPSA) is 64.9 Å². The van der Waals surface area contributed by atoms with E-state index >= 15 is 0 Å². The lowest BCUT2D eigenvalue weighted by Crippen LogP contribution is -1.93. The standard InChI is InChI=1S/C12H14BrN3O/c1-3-7(2)11-15-12(17-16-11)8-4-5-10(14)9(13)6-8/h4-7H,3,14H2,1-2H3. The van der Waals surface area contributed by atoms with Gasteiger partial charge in [-0.15, -0.1) is 0 Å². The Hall–Kier alpha value is -1.36. The number of hydrogen-bond acceptors (Lipinski definition) is 4. The minimum absolute atomic E-state index is 0.310. The van der Waals surface area contributed by atoms with E-state index in [0.29, 0.717) is 17.5 Å². The molecule has 5 heteroatoms. The second-order valence-corrected chi connectivity index (χ2v) is 4.86. The highest BCUT2D eigenvalue weighted by Crippen LogP contribution is 2.27. The molecule has 0 saturated heterocycles. The molecule has 0 radical (unpaired) electrons. The molecule has 1 aromatic carbocycles. The van der Waals surface area contributed by atoms with Gasteiger partial charge >= 0.3 is 0 Å². The van der Waals surface area contributed by atoms with Gasteiger partial charge in [-0.3, -0.25) is 0 Å². The molecule has 0 saturated carbocycles. The van der Waals surface area contributed by atoms with E-state index in [4.69, 9.17) is 10.3 Å². The van der Waals surface area contributed by atoms with Crippen molar-refractivity contribution in [3.05, 3.63) is 28.5 Å². The van der Waals surface area contributed by atoms with Crippen LogP contribution in [0.5, 0.6) is 0 Å². The normalized spacial score (nSPS) is 12.6. The van der Waals surface area contributed by atoms with Crippen LogP contribution in [0, 0.1) is 0 Å². The van der Waals surface area contributed by atoms with E-state index in [1.807, 2.05) is 18.2 Å². The third kappa shape index (κ3) is 2.49. The fourth-order valence-corrected chi connectivity index (χ4v) is 1.77. The lowest BCUT2D eigenvalue weighted by molar-refractivity contribution is 0.416. The van der Waals surface area contributed by atoms with Crippen LogP contribution in [0.15, 0.2) is 27.2 Å². The maximum absolute atomic E-state index is 5.73. The SMILES string of the molecule is CCC(C)c1noc(-c2ccc(N)c(Br)c2)n1. The molecule has 1 atom stereocenters. The third-order valence-electron chi connectivity index (χ3n) is 2.74. The predicted octanol–water partition coefficient (Wildman–Crippen LogP) is 3.59. The molecule has 0 aliphatic carbocycles. The highest BCUT2D eigenvalue weighted by Gasteiger charge is 2.13. The van der Waals surface area contributed by atoms with Crippen LogP contribution in [0.1, 0.15) is 32.0 Å². The summed E-state index contributed by atoms with van der Waals surface area (Å²) in [4.78, 5) is 4.38. The first kappa shape index (κ1) is 12.1. The van der Waals surface area contributed by atoms with Crippen molar-refractivity contribution in [2.75, 3.05) is 5.73 Å². The minimum Gasteiger partial charge on any atom is -0.398 e. The van der Waals surface area contributed by atoms with Gasteiger partial charge in [0.15, 0.2) is 5.82 Å². The smallest absolute Gasteiger partial charge is 0.257 e. The van der Waals surface area contributed by atoms with Crippen LogP contribution in [-0.4, -0.2) is 10.1 Å². The fourth-order valence-electron chi connectivity index (χ4n) is 1.40. The van der Waals surface area contributed by atoms with Crippen molar-refractivity contribution in [1.82, 2.24) is 10.1 Å². The van der Waals surface area contributed by atoms with Gasteiger partial charge in [-0.1, -0.05) is 19.0 Å². The van der Waals surface area contributed by atoms with Gasteiger partial charge < -0.3 is 10.3 Å². The molecule has 17 heavy (non-hydrogen) atoms. The van der Waals surface area contributed by atoms with Gasteiger partial charge in [-0.05, 0) is 40.5 Å². The zero-order chi connectivity index (χ0) is 12.4. The molecular weight excluding hydrogens is 282 g/mol. The Labute approximate surface area is 108 Å². The molecule has 1 heterocycles. The highest BCUT2D eigenvalue weighted by atomic mass is 79.9. The first-order chi connectivity index (χ1) is 8.11. The van der Waals surface area contributed by atoms with Gasteiger partial charge in [0.2, 0.25) is 0 Å². The molecule has 0 bridgehead atoms. The number of benzene rings is 1. The summed E-state index contributed by atoms with van der Waals surface area (Å²) in [6, 6.07) is 5.56. The Kier molecular flexibility index (Phi) is 3.47. The van der Waals surface area contributed by atoms with Crippen molar-refractivity contribution < 1.29 is 4.52 Å². The van der Waals surface area contributed by atoms with Gasteiger partial charge in [0.25, 0.3) is 5.89 Å². The summed E-state index contributed by atoms with van der Waals surface area (Å²) in [5, 5.41) is 3.98. The second-order valence-electron chi connectivity index (χ2n) is 4.00. The van der Waals surface area contributed by atoms with Crippen LogP contribution >= 0.6 is 15.9 Å². The largest absolute Gasteiger partial charge is 0.398 e. The molecule has 4 nitrogen and oxygen atoms in total. The zero-order valence-corrected chi connectivity index (χ0v) is 11.4. The van der Waals surface area contributed by atoms with Crippen molar-refractivity contribution in [3.63, 3.8) is 0 Å². The Bertz CT molecular complexity index is 524. The average Bonchev–Trinajstić information content (AvgIpc) is 2.81. The maximum Gasteiger partial charge on any atom is 0.257 e. The predicted molar refractivity (Wildman–Crippen MR) is 70.6 cm³/mol. The van der Waals surface area contributed by atoms with Crippen molar-refractivity contribution in [1.29, 1.82) is 0 Å². The number of hydrogen-bond donors (Lipinski definition) is 1. The number of rotatable bonds is 3. The number of aromatic nitrogens is 2. The lowest BCUT2D eigenvalue weighted by Gasteiger charge is -2.00. The Balaban J connectivity index is 2.33. The van der Waals surface area contributed by atoms with Crippen LogP contribution in [0.4, 0.5) is 5.69 Å². The molecule has 0 aliphatic heterocycles. The molecule has 90 valence electrons. The van der Waals surface area contributed by atoms with Gasteiger partial charge in [0.05, 0.1) is 0 Å². The first-order valence-electron chi connectivity index (χ1n) is 5.50. The first-order valence-corrected chi connectivity index (χ1v) is 6.30. The van der Waals surface area contributed by atoms with Gasteiger partial charge in [0.1, 0.15) is 0 Å². The molecule has 1 aromatic heterocycles. The highest BCUT2D eigenvalue weighted by molar-refractivity contribution is 9.10. The number of anilines is 1. The van der Waals surface area contributed by atoms with Crippen LogP contribution in [0.2, 0.25) is 0 Å². The van der Waals surface area contributed by atoms with E-state index in [2.05, 4.69) is 39.9 Å². The Morgan fingerprint density at radius 2 is 2.24 bits per heavy atom. The average molecular weight is 296 g/mol. The van der Waals surface area contributed by atoms with Crippen LogP contribution in [0.25, 0.3) is 11.5 Å². The van der Waals surface area contributed by atoms with Crippen LogP contribution < -0.4 is 5.73 Å². The quantitative estimate of drug-likeness (QED) is 0.879. The maximum atomic E-state index is 5.73. The van der Waals surface area contributed by atoms with E-state index in [1.54, 1.807) is 0 Å². The van der Waals surface area contributed by atoms with Crippen molar-refractivity contribution in [2.45, 2.75) is 26.2 Å². The monoisotopic (exact) mass is 295 g/mol. The van der Waals surface area contributed by atoms with Crippen molar-refractivity contribution in [2.24, 2.45) is 0 Å². The number of halogens is 1. The Morgan fingerprint density at radius 3 is 2.88 bits per heavy atom. The third-order valence-corrected chi connectivity index (χ3v) is 3.43. The summed E-state index contributed by atoms with van der Waals surface area (Å²) >= 11 is 3.38. The molecule has 0 fully saturated rings. The minimum atomic E-state index is 0.310. The van der Waals surface area contributed by atoms with Gasteiger partial charge in [-0.2, -0.15) is 4.98 Å². The summed E-state index contributed by atoms with van der Waals surface area (Å²) in [6.45, 7) is 4.17. The summed E-state index contributed by atoms with van der Waals surface area (Å²) < 4.78 is 6.08. The summed E-state index contributed by atoms with van der Waals surface area (Å²) in [7, 11) is 0. The van der Waals surface area contributed by atoms with E-state index in [0.717, 1.165) is 22.3 Å². The summed E-state index contributed by atoms with van der Waals surface area (Å²) in [5.74, 6) is 1.58. The molecule has 0 amide bonds. The lowest BCUT2D eigenvalue weighted by atomic mass is 10.1. The van der Waals surface area contributed by atoms with E-state index in [-0.39, 0.29) is 0 Å². The van der Waals surface area contributed by atoms with Gasteiger partial charge in [0, 0.05) is 21.6 Å².